The van der Waals surface area contributed by atoms with Gasteiger partial charge in [0, 0.05) is 0 Å². The molecule has 7 nitrogen and oxygen atoms in total. The van der Waals surface area contributed by atoms with Gasteiger partial charge in [-0.15, -0.1) is 0 Å². The number of ether oxygens (including phenoxy) is 2. The van der Waals surface area contributed by atoms with Gasteiger partial charge in [-0.25, -0.2) is 4.79 Å². The number of carboxylic acid groups (broad SMARTS) is 1. The van der Waals surface area contributed by atoms with E-state index in [2.05, 4.69) is 27.7 Å². The molecule has 1 unspecified atom stereocenters. The zero-order valence-corrected chi connectivity index (χ0v) is 17.1. The van der Waals surface area contributed by atoms with E-state index < -0.39 is 36.7 Å². The highest BCUT2D eigenvalue weighted by Gasteiger charge is 2.50. The highest BCUT2D eigenvalue weighted by molar-refractivity contribution is 5.73. The second-order valence-electron chi connectivity index (χ2n) is 9.26. The van der Waals surface area contributed by atoms with Crippen molar-refractivity contribution in [2.24, 2.45) is 29.6 Å². The van der Waals surface area contributed by atoms with Gasteiger partial charge in [-0.05, 0) is 49.4 Å². The monoisotopic (exact) mass is 398 g/mol. The van der Waals surface area contributed by atoms with Gasteiger partial charge in [-0.2, -0.15) is 0 Å². The van der Waals surface area contributed by atoms with Crippen molar-refractivity contribution in [2.75, 3.05) is 0 Å². The van der Waals surface area contributed by atoms with Crippen LogP contribution in [0.3, 0.4) is 0 Å². The predicted octanol–water partition coefficient (Wildman–Crippen LogP) is 1.55. The Morgan fingerprint density at radius 1 is 1.18 bits per heavy atom. The van der Waals surface area contributed by atoms with Gasteiger partial charge in [-0.3, -0.25) is 0 Å². The summed E-state index contributed by atoms with van der Waals surface area (Å²) in [5, 5.41) is 39.6. The topological polar surface area (TPSA) is 116 Å². The fourth-order valence-corrected chi connectivity index (χ4v) is 5.53. The fraction of sp³-hybridized carbons (Fsp3) is 0.857. The predicted molar refractivity (Wildman–Crippen MR) is 101 cm³/mol. The number of aliphatic carboxylic acids is 1. The molecule has 3 aliphatic rings. The lowest BCUT2D eigenvalue weighted by molar-refractivity contribution is -0.307. The second-order valence-corrected chi connectivity index (χ2v) is 9.26. The summed E-state index contributed by atoms with van der Waals surface area (Å²) in [6.07, 6.45) is -2.78. The molecule has 160 valence electrons. The van der Waals surface area contributed by atoms with Crippen molar-refractivity contribution in [1.82, 2.24) is 0 Å². The van der Waals surface area contributed by atoms with E-state index in [0.29, 0.717) is 23.7 Å². The van der Waals surface area contributed by atoms with Crippen LogP contribution in [0.2, 0.25) is 0 Å². The van der Waals surface area contributed by atoms with E-state index in [1.165, 1.54) is 12.0 Å². The van der Waals surface area contributed by atoms with Crippen LogP contribution in [-0.4, -0.2) is 63.2 Å². The molecular weight excluding hydrogens is 364 g/mol. The van der Waals surface area contributed by atoms with E-state index in [9.17, 15) is 25.2 Å². The van der Waals surface area contributed by atoms with Crippen LogP contribution in [0.1, 0.15) is 47.0 Å². The third-order valence-electron chi connectivity index (χ3n) is 7.00. The first-order valence-electron chi connectivity index (χ1n) is 10.4. The number of rotatable bonds is 4. The van der Waals surface area contributed by atoms with E-state index >= 15 is 0 Å². The summed E-state index contributed by atoms with van der Waals surface area (Å²) >= 11 is 0. The molecule has 0 aromatic rings. The summed E-state index contributed by atoms with van der Waals surface area (Å²) in [7, 11) is 0. The number of aliphatic hydroxyl groups is 3. The van der Waals surface area contributed by atoms with E-state index in [-0.39, 0.29) is 12.0 Å². The first-order chi connectivity index (χ1) is 13.1. The van der Waals surface area contributed by atoms with Gasteiger partial charge in [0.1, 0.15) is 18.3 Å². The van der Waals surface area contributed by atoms with Crippen molar-refractivity contribution >= 4 is 5.97 Å². The molecule has 2 fully saturated rings. The van der Waals surface area contributed by atoms with Gasteiger partial charge in [-0.1, -0.05) is 38.8 Å². The van der Waals surface area contributed by atoms with Crippen LogP contribution in [0.25, 0.3) is 0 Å². The number of carboxylic acids is 1. The maximum Gasteiger partial charge on any atom is 0.335 e. The van der Waals surface area contributed by atoms with Crippen LogP contribution in [0.15, 0.2) is 11.6 Å². The molecule has 0 bridgehead atoms. The Labute approximate surface area is 166 Å². The van der Waals surface area contributed by atoms with Crippen molar-refractivity contribution in [3.05, 3.63) is 11.6 Å². The number of hydrogen-bond donors (Lipinski definition) is 4. The summed E-state index contributed by atoms with van der Waals surface area (Å²) in [5.41, 5.74) is 1.21. The molecule has 0 aromatic heterocycles. The molecule has 2 aliphatic carbocycles. The third kappa shape index (κ3) is 4.00. The van der Waals surface area contributed by atoms with Crippen LogP contribution in [-0.2, 0) is 14.3 Å². The van der Waals surface area contributed by atoms with E-state index in [1.807, 2.05) is 6.08 Å². The molecule has 0 amide bonds. The lowest BCUT2D eigenvalue weighted by atomic mass is 9.58. The summed E-state index contributed by atoms with van der Waals surface area (Å²) in [6.45, 7) is 8.80. The van der Waals surface area contributed by atoms with Crippen LogP contribution in [0, 0.1) is 29.6 Å². The Kier molecular flexibility index (Phi) is 6.51. The molecular formula is C21H34O7. The smallest absolute Gasteiger partial charge is 0.335 e. The standard InChI is InChI=1S/C21H34O7/c1-9(2)12-6-5-11(4)15-13(12)7-10(3)8-14(15)27-21-18(24)16(22)17(23)19(28-21)20(25)26/h8-9,11-19,21-24H,5-7H2,1-4H3,(H,25,26)/t11-,12-,13-,14+,15-,16-,17-,18+,19-,21?/m0/s1. The third-order valence-corrected chi connectivity index (χ3v) is 7.00. The molecule has 1 aliphatic heterocycles. The van der Waals surface area contributed by atoms with Crippen LogP contribution < -0.4 is 0 Å². The average Bonchev–Trinajstić information content (AvgIpc) is 2.61. The van der Waals surface area contributed by atoms with E-state index in [4.69, 9.17) is 9.47 Å². The number of carbonyl (C=O) groups is 1. The highest BCUT2D eigenvalue weighted by atomic mass is 16.7. The fourth-order valence-electron chi connectivity index (χ4n) is 5.53. The maximum atomic E-state index is 11.4. The molecule has 0 spiro atoms. The molecule has 1 heterocycles. The molecule has 10 atom stereocenters. The van der Waals surface area contributed by atoms with Gasteiger partial charge < -0.3 is 29.9 Å². The minimum atomic E-state index is -1.71. The molecule has 1 saturated heterocycles. The zero-order valence-electron chi connectivity index (χ0n) is 17.1. The lowest BCUT2D eigenvalue weighted by Crippen LogP contribution is -2.61. The maximum absolute atomic E-state index is 11.4. The zero-order chi connectivity index (χ0) is 20.7. The van der Waals surface area contributed by atoms with Gasteiger partial charge >= 0.3 is 5.97 Å². The van der Waals surface area contributed by atoms with Crippen molar-refractivity contribution in [3.63, 3.8) is 0 Å². The first-order valence-corrected chi connectivity index (χ1v) is 10.4. The molecule has 3 rings (SSSR count). The molecule has 1 saturated carbocycles. The van der Waals surface area contributed by atoms with Gasteiger partial charge in [0.15, 0.2) is 12.4 Å². The van der Waals surface area contributed by atoms with Crippen LogP contribution in [0.5, 0.6) is 0 Å². The molecule has 28 heavy (non-hydrogen) atoms. The summed E-state index contributed by atoms with van der Waals surface area (Å²) < 4.78 is 11.5. The van der Waals surface area contributed by atoms with Gasteiger partial charge in [0.2, 0.25) is 0 Å². The summed E-state index contributed by atoms with van der Waals surface area (Å²) in [5.74, 6) is 0.897. The van der Waals surface area contributed by atoms with Gasteiger partial charge in [0.05, 0.1) is 6.10 Å². The van der Waals surface area contributed by atoms with Crippen LogP contribution >= 0.6 is 0 Å². The lowest BCUT2D eigenvalue weighted by Gasteiger charge is -2.50. The Bertz CT molecular complexity index is 604. The Morgan fingerprint density at radius 3 is 2.46 bits per heavy atom. The SMILES string of the molecule is CC1=C[C@@H](OC2O[C@H](C(=O)O)[C@@H](O)[C@H](O)[C@H]2O)[C@@H]2[C@@H](C1)[C@H](C(C)C)CC[C@@H]2C. The molecule has 0 aromatic carbocycles. The highest BCUT2D eigenvalue weighted by Crippen LogP contribution is 2.50. The summed E-state index contributed by atoms with van der Waals surface area (Å²) in [6, 6.07) is 0. The average molecular weight is 398 g/mol. The van der Waals surface area contributed by atoms with Crippen LogP contribution in [0.4, 0.5) is 0 Å². The number of aliphatic hydroxyl groups excluding tert-OH is 3. The Balaban J connectivity index is 1.83. The van der Waals surface area contributed by atoms with Crippen molar-refractivity contribution < 1.29 is 34.7 Å². The van der Waals surface area contributed by atoms with E-state index in [1.54, 1.807) is 0 Å². The molecule has 4 N–H and O–H groups in total. The number of fused-ring (bicyclic) bond motifs is 1. The van der Waals surface area contributed by atoms with E-state index in [0.717, 1.165) is 12.8 Å². The number of hydrogen-bond acceptors (Lipinski definition) is 6. The Morgan fingerprint density at radius 2 is 1.86 bits per heavy atom. The quantitative estimate of drug-likeness (QED) is 0.531. The van der Waals surface area contributed by atoms with Crippen molar-refractivity contribution in [3.8, 4) is 0 Å². The van der Waals surface area contributed by atoms with Crippen molar-refractivity contribution in [2.45, 2.75) is 83.8 Å². The minimum Gasteiger partial charge on any atom is -0.479 e. The van der Waals surface area contributed by atoms with Crippen molar-refractivity contribution in [1.29, 1.82) is 0 Å². The Hall–Kier alpha value is -0.990. The second kappa shape index (κ2) is 8.40. The largest absolute Gasteiger partial charge is 0.479 e. The number of allylic oxidation sites excluding steroid dienone is 1. The first kappa shape index (κ1) is 21.7. The molecule has 0 radical (unpaired) electrons. The minimum absolute atomic E-state index is 0.243. The molecule has 7 heteroatoms. The van der Waals surface area contributed by atoms with Gasteiger partial charge in [0.25, 0.3) is 0 Å². The summed E-state index contributed by atoms with van der Waals surface area (Å²) in [4.78, 5) is 11.4. The normalized spacial score (nSPS) is 46.8.